The lowest BCUT2D eigenvalue weighted by Gasteiger charge is -1.98. The maximum absolute atomic E-state index is 11.0. The minimum atomic E-state index is -3.31. The van der Waals surface area contributed by atoms with Crippen molar-refractivity contribution in [3.05, 3.63) is 12.4 Å². The fourth-order valence-corrected chi connectivity index (χ4v) is 1.62. The highest BCUT2D eigenvalue weighted by molar-refractivity contribution is 7.90. The van der Waals surface area contributed by atoms with Crippen LogP contribution >= 0.6 is 0 Å². The number of sulfone groups is 1. The quantitative estimate of drug-likeness (QED) is 0.640. The van der Waals surface area contributed by atoms with Gasteiger partial charge in [-0.2, -0.15) is 5.26 Å². The first kappa shape index (κ1) is 8.74. The topological polar surface area (TPSA) is 75.8 Å². The summed E-state index contributed by atoms with van der Waals surface area (Å²) in [6.07, 6.45) is 3.87. The molecular weight excluding hydrogens is 178 g/mol. The Bertz CT molecular complexity index is 412. The van der Waals surface area contributed by atoms with Crippen molar-refractivity contribution in [3.8, 4) is 6.07 Å². The number of imidazole rings is 1. The summed E-state index contributed by atoms with van der Waals surface area (Å²) in [5, 5.41) is 8.27. The van der Waals surface area contributed by atoms with Gasteiger partial charge in [0.05, 0.1) is 6.07 Å². The van der Waals surface area contributed by atoms with Gasteiger partial charge in [-0.15, -0.1) is 0 Å². The lowest BCUT2D eigenvalue weighted by atomic mass is 10.7. The monoisotopic (exact) mass is 185 g/mol. The van der Waals surface area contributed by atoms with E-state index in [0.29, 0.717) is 0 Å². The van der Waals surface area contributed by atoms with E-state index < -0.39 is 9.84 Å². The van der Waals surface area contributed by atoms with Gasteiger partial charge in [-0.1, -0.05) is 0 Å². The van der Waals surface area contributed by atoms with Crippen LogP contribution in [0.1, 0.15) is 0 Å². The number of nitriles is 1. The number of nitrogens with zero attached hydrogens (tertiary/aromatic N) is 3. The van der Waals surface area contributed by atoms with Crippen LogP contribution < -0.4 is 0 Å². The predicted molar refractivity (Wildman–Crippen MR) is 40.9 cm³/mol. The van der Waals surface area contributed by atoms with Gasteiger partial charge in [0.15, 0.2) is 0 Å². The molecule has 0 atom stereocenters. The molecule has 0 aliphatic heterocycles. The first-order valence-corrected chi connectivity index (χ1v) is 5.03. The Balaban J connectivity index is 3.19. The summed E-state index contributed by atoms with van der Waals surface area (Å²) >= 11 is 0. The number of hydrogen-bond acceptors (Lipinski definition) is 4. The molecule has 0 aliphatic carbocycles. The molecule has 0 radical (unpaired) electrons. The Kier molecular flexibility index (Phi) is 2.15. The van der Waals surface area contributed by atoms with E-state index >= 15 is 0 Å². The molecule has 0 saturated heterocycles. The minimum absolute atomic E-state index is 0.00238. The lowest BCUT2D eigenvalue weighted by Crippen LogP contribution is -2.07. The van der Waals surface area contributed by atoms with Gasteiger partial charge in [0.2, 0.25) is 15.0 Å². The van der Waals surface area contributed by atoms with Crippen LogP contribution in [0.15, 0.2) is 17.6 Å². The van der Waals surface area contributed by atoms with E-state index in [9.17, 15) is 8.42 Å². The Morgan fingerprint density at radius 3 is 2.92 bits per heavy atom. The van der Waals surface area contributed by atoms with Gasteiger partial charge in [0.1, 0.15) is 6.54 Å². The second-order valence-corrected chi connectivity index (χ2v) is 4.18. The molecule has 12 heavy (non-hydrogen) atoms. The van der Waals surface area contributed by atoms with E-state index in [2.05, 4.69) is 4.98 Å². The van der Waals surface area contributed by atoms with Crippen molar-refractivity contribution >= 4 is 9.84 Å². The predicted octanol–water partition coefficient (Wildman–Crippen LogP) is -0.190. The molecule has 0 amide bonds. The summed E-state index contributed by atoms with van der Waals surface area (Å²) in [6.45, 7) is 0.00238. The van der Waals surface area contributed by atoms with E-state index in [1.54, 1.807) is 0 Å². The Hall–Kier alpha value is -1.35. The van der Waals surface area contributed by atoms with Crippen LogP contribution in [0.2, 0.25) is 0 Å². The van der Waals surface area contributed by atoms with Crippen LogP contribution in [0.25, 0.3) is 0 Å². The molecule has 0 fully saturated rings. The van der Waals surface area contributed by atoms with Gasteiger partial charge in [0, 0.05) is 18.6 Å². The average molecular weight is 185 g/mol. The molecule has 0 N–H and O–H groups in total. The molecular formula is C6H7N3O2S. The molecule has 1 aromatic rings. The van der Waals surface area contributed by atoms with Crippen molar-refractivity contribution in [2.45, 2.75) is 11.7 Å². The van der Waals surface area contributed by atoms with E-state index in [0.717, 1.165) is 6.26 Å². The normalized spacial score (nSPS) is 11.0. The summed E-state index contributed by atoms with van der Waals surface area (Å²) < 4.78 is 23.3. The van der Waals surface area contributed by atoms with Crippen molar-refractivity contribution in [2.24, 2.45) is 0 Å². The number of rotatable bonds is 2. The standard InChI is InChI=1S/C6H7N3O2S/c1-12(10,11)6-8-3-5-9(6)4-2-7/h3,5H,4H2,1H3. The van der Waals surface area contributed by atoms with Crippen LogP contribution in [0.4, 0.5) is 0 Å². The molecule has 6 heteroatoms. The third-order valence-corrected chi connectivity index (χ3v) is 2.25. The summed E-state index contributed by atoms with van der Waals surface area (Å²) in [7, 11) is -3.31. The number of hydrogen-bond donors (Lipinski definition) is 0. The third-order valence-electron chi connectivity index (χ3n) is 1.25. The highest BCUT2D eigenvalue weighted by Gasteiger charge is 2.13. The van der Waals surface area contributed by atoms with Crippen molar-refractivity contribution in [2.75, 3.05) is 6.26 Å². The first-order valence-electron chi connectivity index (χ1n) is 3.14. The van der Waals surface area contributed by atoms with Gasteiger partial charge in [-0.05, 0) is 0 Å². The molecule has 0 aromatic carbocycles. The van der Waals surface area contributed by atoms with Crippen LogP contribution in [0.5, 0.6) is 0 Å². The second kappa shape index (κ2) is 2.95. The zero-order chi connectivity index (χ0) is 9.19. The average Bonchev–Trinajstić information content (AvgIpc) is 2.34. The zero-order valence-electron chi connectivity index (χ0n) is 6.43. The summed E-state index contributed by atoms with van der Waals surface area (Å²) in [5.41, 5.74) is 0. The van der Waals surface area contributed by atoms with Crippen molar-refractivity contribution in [3.63, 3.8) is 0 Å². The zero-order valence-corrected chi connectivity index (χ0v) is 7.24. The Morgan fingerprint density at radius 2 is 2.42 bits per heavy atom. The van der Waals surface area contributed by atoms with Gasteiger partial charge in [-0.25, -0.2) is 13.4 Å². The van der Waals surface area contributed by atoms with Crippen LogP contribution in [-0.4, -0.2) is 24.2 Å². The molecule has 1 heterocycles. The van der Waals surface area contributed by atoms with E-state index in [1.807, 2.05) is 6.07 Å². The SMILES string of the molecule is CS(=O)(=O)c1nccn1CC#N. The minimum Gasteiger partial charge on any atom is -0.308 e. The second-order valence-electron chi connectivity index (χ2n) is 2.27. The van der Waals surface area contributed by atoms with Gasteiger partial charge in [0.25, 0.3) is 0 Å². The summed E-state index contributed by atoms with van der Waals surface area (Å²) in [6, 6.07) is 1.84. The third kappa shape index (κ3) is 1.62. The van der Waals surface area contributed by atoms with Crippen molar-refractivity contribution in [1.29, 1.82) is 5.26 Å². The molecule has 64 valence electrons. The molecule has 0 saturated carbocycles. The fraction of sp³-hybridized carbons (Fsp3) is 0.333. The Morgan fingerprint density at radius 1 is 1.75 bits per heavy atom. The van der Waals surface area contributed by atoms with Crippen molar-refractivity contribution < 1.29 is 8.42 Å². The van der Waals surface area contributed by atoms with E-state index in [1.165, 1.54) is 17.0 Å². The Labute approximate surface area is 70.2 Å². The largest absolute Gasteiger partial charge is 0.308 e. The van der Waals surface area contributed by atoms with Crippen LogP contribution in [0, 0.1) is 11.3 Å². The van der Waals surface area contributed by atoms with E-state index in [4.69, 9.17) is 5.26 Å². The van der Waals surface area contributed by atoms with Gasteiger partial charge in [-0.3, -0.25) is 0 Å². The summed E-state index contributed by atoms with van der Waals surface area (Å²) in [4.78, 5) is 3.63. The van der Waals surface area contributed by atoms with Crippen LogP contribution in [0.3, 0.4) is 0 Å². The maximum atomic E-state index is 11.0. The first-order chi connectivity index (χ1) is 5.55. The highest BCUT2D eigenvalue weighted by atomic mass is 32.2. The smallest absolute Gasteiger partial charge is 0.228 e. The van der Waals surface area contributed by atoms with Gasteiger partial charge < -0.3 is 4.57 Å². The fourth-order valence-electron chi connectivity index (χ4n) is 0.821. The number of aromatic nitrogens is 2. The molecule has 5 nitrogen and oxygen atoms in total. The van der Waals surface area contributed by atoms with Gasteiger partial charge >= 0.3 is 0 Å². The molecule has 0 aliphatic rings. The van der Waals surface area contributed by atoms with E-state index in [-0.39, 0.29) is 11.7 Å². The van der Waals surface area contributed by atoms with Crippen LogP contribution in [-0.2, 0) is 16.4 Å². The molecule has 0 bridgehead atoms. The summed E-state index contributed by atoms with van der Waals surface area (Å²) in [5.74, 6) is 0. The molecule has 1 rings (SSSR count). The maximum Gasteiger partial charge on any atom is 0.228 e. The molecule has 1 aromatic heterocycles. The highest BCUT2D eigenvalue weighted by Crippen LogP contribution is 2.04. The molecule has 0 unspecified atom stereocenters. The lowest BCUT2D eigenvalue weighted by molar-refractivity contribution is 0.581. The van der Waals surface area contributed by atoms with Crippen molar-refractivity contribution in [1.82, 2.24) is 9.55 Å². The molecule has 0 spiro atoms.